The molecule has 1 unspecified atom stereocenters. The Labute approximate surface area is 138 Å². The molecule has 0 saturated carbocycles. The summed E-state index contributed by atoms with van der Waals surface area (Å²) in [6, 6.07) is 29.7. The molecule has 3 aromatic carbocycles. The summed E-state index contributed by atoms with van der Waals surface area (Å²) < 4.78 is 0. The van der Waals surface area contributed by atoms with Crippen molar-refractivity contribution in [2.45, 2.75) is 14.6 Å². The molecule has 0 saturated heterocycles. The minimum atomic E-state index is 0.245. The SMILES string of the molecule is BrC(c1ccccc1)c1ccc(Sc2ccccc2)cc1. The molecule has 0 heterocycles. The Balaban J connectivity index is 1.75. The number of hydrogen-bond acceptors (Lipinski definition) is 1. The van der Waals surface area contributed by atoms with Crippen LogP contribution in [-0.4, -0.2) is 0 Å². The van der Waals surface area contributed by atoms with E-state index in [1.165, 1.54) is 20.9 Å². The van der Waals surface area contributed by atoms with Crippen LogP contribution in [0.1, 0.15) is 16.0 Å². The van der Waals surface area contributed by atoms with E-state index < -0.39 is 0 Å². The Morgan fingerprint density at radius 2 is 1.05 bits per heavy atom. The lowest BCUT2D eigenvalue weighted by atomic mass is 10.1. The highest BCUT2D eigenvalue weighted by molar-refractivity contribution is 9.09. The molecule has 0 aromatic heterocycles. The smallest absolute Gasteiger partial charge is 0.0644 e. The van der Waals surface area contributed by atoms with Gasteiger partial charge in [0, 0.05) is 9.79 Å². The summed E-state index contributed by atoms with van der Waals surface area (Å²) in [6.45, 7) is 0. The molecule has 104 valence electrons. The number of hydrogen-bond donors (Lipinski definition) is 0. The lowest BCUT2D eigenvalue weighted by Crippen LogP contribution is -1.91. The minimum Gasteiger partial charge on any atom is -0.0901 e. The van der Waals surface area contributed by atoms with Gasteiger partial charge in [0.05, 0.1) is 4.83 Å². The molecular formula is C19H15BrS. The Morgan fingerprint density at radius 1 is 0.571 bits per heavy atom. The molecule has 0 aliphatic carbocycles. The van der Waals surface area contributed by atoms with Crippen molar-refractivity contribution in [2.24, 2.45) is 0 Å². The standard InChI is InChI=1S/C19H15BrS/c20-19(15-7-3-1-4-8-15)16-11-13-18(14-12-16)21-17-9-5-2-6-10-17/h1-14,19H. The molecular weight excluding hydrogens is 340 g/mol. The van der Waals surface area contributed by atoms with Gasteiger partial charge >= 0.3 is 0 Å². The normalized spacial score (nSPS) is 12.0. The first-order valence-electron chi connectivity index (χ1n) is 6.85. The maximum atomic E-state index is 3.78. The zero-order chi connectivity index (χ0) is 14.5. The van der Waals surface area contributed by atoms with Gasteiger partial charge < -0.3 is 0 Å². The average Bonchev–Trinajstić information content (AvgIpc) is 2.57. The minimum absolute atomic E-state index is 0.245. The van der Waals surface area contributed by atoms with E-state index in [0.717, 1.165) is 0 Å². The summed E-state index contributed by atoms with van der Waals surface area (Å²) in [4.78, 5) is 2.77. The first-order valence-corrected chi connectivity index (χ1v) is 8.58. The fourth-order valence-corrected chi connectivity index (χ4v) is 3.59. The zero-order valence-electron chi connectivity index (χ0n) is 11.4. The molecule has 0 fully saturated rings. The molecule has 3 aromatic rings. The summed E-state index contributed by atoms with van der Waals surface area (Å²) in [6.07, 6.45) is 0. The van der Waals surface area contributed by atoms with Gasteiger partial charge in [0.25, 0.3) is 0 Å². The Morgan fingerprint density at radius 3 is 1.67 bits per heavy atom. The number of benzene rings is 3. The Bertz CT molecular complexity index is 678. The average molecular weight is 355 g/mol. The van der Waals surface area contributed by atoms with Crippen molar-refractivity contribution in [1.82, 2.24) is 0 Å². The van der Waals surface area contributed by atoms with Crippen molar-refractivity contribution < 1.29 is 0 Å². The first-order chi connectivity index (χ1) is 10.3. The first kappa shape index (κ1) is 14.4. The molecule has 0 amide bonds. The lowest BCUT2D eigenvalue weighted by molar-refractivity contribution is 1.17. The van der Waals surface area contributed by atoms with Crippen molar-refractivity contribution in [2.75, 3.05) is 0 Å². The van der Waals surface area contributed by atoms with Gasteiger partial charge in [-0.05, 0) is 35.4 Å². The van der Waals surface area contributed by atoms with Gasteiger partial charge in [0.15, 0.2) is 0 Å². The molecule has 0 N–H and O–H groups in total. The maximum Gasteiger partial charge on any atom is 0.0644 e. The Kier molecular flexibility index (Phi) is 4.79. The van der Waals surface area contributed by atoms with Crippen LogP contribution in [0.2, 0.25) is 0 Å². The molecule has 2 heteroatoms. The van der Waals surface area contributed by atoms with Crippen molar-refractivity contribution in [1.29, 1.82) is 0 Å². The third-order valence-corrected chi connectivity index (χ3v) is 5.32. The van der Waals surface area contributed by atoms with Crippen LogP contribution in [0.15, 0.2) is 94.7 Å². The third-order valence-electron chi connectivity index (χ3n) is 3.24. The van der Waals surface area contributed by atoms with E-state index in [4.69, 9.17) is 0 Å². The van der Waals surface area contributed by atoms with Crippen LogP contribution in [0.5, 0.6) is 0 Å². The zero-order valence-corrected chi connectivity index (χ0v) is 13.8. The van der Waals surface area contributed by atoms with E-state index in [9.17, 15) is 0 Å². The predicted octanol–water partition coefficient (Wildman–Crippen LogP) is 6.32. The molecule has 21 heavy (non-hydrogen) atoms. The van der Waals surface area contributed by atoms with Gasteiger partial charge in [-0.1, -0.05) is 88.4 Å². The van der Waals surface area contributed by atoms with E-state index in [0.29, 0.717) is 0 Å². The molecule has 1 atom stereocenters. The van der Waals surface area contributed by atoms with Crippen LogP contribution in [0, 0.1) is 0 Å². The molecule has 0 radical (unpaired) electrons. The second-order valence-electron chi connectivity index (χ2n) is 4.76. The van der Waals surface area contributed by atoms with Gasteiger partial charge in [0.1, 0.15) is 0 Å². The van der Waals surface area contributed by atoms with Gasteiger partial charge in [-0.15, -0.1) is 0 Å². The van der Waals surface area contributed by atoms with Crippen LogP contribution in [0.25, 0.3) is 0 Å². The fraction of sp³-hybridized carbons (Fsp3) is 0.0526. The fourth-order valence-electron chi connectivity index (χ4n) is 2.14. The van der Waals surface area contributed by atoms with Crippen molar-refractivity contribution >= 4 is 27.7 Å². The highest BCUT2D eigenvalue weighted by atomic mass is 79.9. The largest absolute Gasteiger partial charge is 0.0901 e. The van der Waals surface area contributed by atoms with Crippen LogP contribution < -0.4 is 0 Å². The number of alkyl halides is 1. The molecule has 0 aliphatic rings. The molecule has 3 rings (SSSR count). The molecule has 0 bridgehead atoms. The Hall–Kier alpha value is -1.51. The molecule has 0 spiro atoms. The van der Waals surface area contributed by atoms with Crippen LogP contribution in [-0.2, 0) is 0 Å². The van der Waals surface area contributed by atoms with Crippen LogP contribution in [0.4, 0.5) is 0 Å². The van der Waals surface area contributed by atoms with Crippen molar-refractivity contribution in [3.05, 3.63) is 96.1 Å². The highest BCUT2D eigenvalue weighted by Crippen LogP contribution is 2.33. The van der Waals surface area contributed by atoms with Crippen molar-refractivity contribution in [3.8, 4) is 0 Å². The van der Waals surface area contributed by atoms with Crippen LogP contribution >= 0.6 is 27.7 Å². The number of rotatable bonds is 4. The quantitative estimate of drug-likeness (QED) is 0.493. The third kappa shape index (κ3) is 3.78. The molecule has 0 nitrogen and oxygen atoms in total. The van der Waals surface area contributed by atoms with Gasteiger partial charge in [-0.25, -0.2) is 0 Å². The van der Waals surface area contributed by atoms with E-state index >= 15 is 0 Å². The van der Waals surface area contributed by atoms with Crippen LogP contribution in [0.3, 0.4) is 0 Å². The second kappa shape index (κ2) is 6.97. The van der Waals surface area contributed by atoms with E-state index in [2.05, 4.69) is 88.7 Å². The van der Waals surface area contributed by atoms with Gasteiger partial charge in [-0.3, -0.25) is 0 Å². The summed E-state index contributed by atoms with van der Waals surface area (Å²) in [5.41, 5.74) is 2.56. The summed E-state index contributed by atoms with van der Waals surface area (Å²) in [5, 5.41) is 0. The monoisotopic (exact) mass is 354 g/mol. The second-order valence-corrected chi connectivity index (χ2v) is 6.82. The van der Waals surface area contributed by atoms with Gasteiger partial charge in [-0.2, -0.15) is 0 Å². The summed E-state index contributed by atoms with van der Waals surface area (Å²) in [7, 11) is 0. The van der Waals surface area contributed by atoms with E-state index in [1.54, 1.807) is 11.8 Å². The number of halogens is 1. The maximum absolute atomic E-state index is 3.78. The lowest BCUT2D eigenvalue weighted by Gasteiger charge is -2.11. The topological polar surface area (TPSA) is 0 Å². The summed E-state index contributed by atoms with van der Waals surface area (Å²) >= 11 is 5.57. The van der Waals surface area contributed by atoms with Crippen molar-refractivity contribution in [3.63, 3.8) is 0 Å². The predicted molar refractivity (Wildman–Crippen MR) is 94.2 cm³/mol. The highest BCUT2D eigenvalue weighted by Gasteiger charge is 2.09. The molecule has 0 aliphatic heterocycles. The van der Waals surface area contributed by atoms with Gasteiger partial charge in [0.2, 0.25) is 0 Å². The van der Waals surface area contributed by atoms with E-state index in [1.807, 2.05) is 12.1 Å². The summed E-state index contributed by atoms with van der Waals surface area (Å²) in [5.74, 6) is 0. The van der Waals surface area contributed by atoms with E-state index in [-0.39, 0.29) is 4.83 Å².